The van der Waals surface area contributed by atoms with Gasteiger partial charge in [0.2, 0.25) is 5.91 Å². The molecule has 0 saturated carbocycles. The summed E-state index contributed by atoms with van der Waals surface area (Å²) in [5, 5.41) is 2.68. The summed E-state index contributed by atoms with van der Waals surface area (Å²) in [5.41, 5.74) is -0.377. The zero-order valence-electron chi connectivity index (χ0n) is 11.6. The molecule has 0 bridgehead atoms. The summed E-state index contributed by atoms with van der Waals surface area (Å²) >= 11 is 0. The first-order valence-electron chi connectivity index (χ1n) is 6.62. The van der Waals surface area contributed by atoms with Crippen LogP contribution in [0.2, 0.25) is 0 Å². The van der Waals surface area contributed by atoms with Gasteiger partial charge in [0.15, 0.2) is 0 Å². The topological polar surface area (TPSA) is 58.6 Å². The van der Waals surface area contributed by atoms with Gasteiger partial charge < -0.3 is 10.1 Å². The molecule has 0 spiro atoms. The lowest BCUT2D eigenvalue weighted by Crippen LogP contribution is -2.40. The van der Waals surface area contributed by atoms with Crippen molar-refractivity contribution in [2.75, 3.05) is 33.3 Å². The number of hydrogen-bond acceptors (Lipinski definition) is 4. The van der Waals surface area contributed by atoms with Gasteiger partial charge in [-0.05, 0) is 26.3 Å². The van der Waals surface area contributed by atoms with Crippen LogP contribution in [0.3, 0.4) is 0 Å². The first kappa shape index (κ1) is 15.0. The molecule has 0 aliphatic carbocycles. The van der Waals surface area contributed by atoms with Gasteiger partial charge in [-0.2, -0.15) is 0 Å². The molecule has 1 atom stereocenters. The molecule has 1 aliphatic heterocycles. The van der Waals surface area contributed by atoms with E-state index in [0.717, 1.165) is 25.8 Å². The minimum atomic E-state index is -0.377. The number of likely N-dealkylation sites (tertiary alicyclic amines) is 1. The van der Waals surface area contributed by atoms with E-state index in [0.29, 0.717) is 13.2 Å². The lowest BCUT2D eigenvalue weighted by Gasteiger charge is -2.22. The molecule has 0 aromatic rings. The second kappa shape index (κ2) is 6.73. The van der Waals surface area contributed by atoms with Crippen molar-refractivity contribution in [2.24, 2.45) is 5.41 Å². The summed E-state index contributed by atoms with van der Waals surface area (Å²) < 4.78 is 5.12. The van der Waals surface area contributed by atoms with Crippen LogP contribution in [0, 0.1) is 5.41 Å². The Kier molecular flexibility index (Phi) is 5.59. The molecule has 1 fully saturated rings. The molecule has 0 aromatic carbocycles. The van der Waals surface area contributed by atoms with E-state index < -0.39 is 0 Å². The first-order valence-corrected chi connectivity index (χ1v) is 6.62. The quantitative estimate of drug-likeness (QED) is 0.564. The Morgan fingerprint density at radius 1 is 1.44 bits per heavy atom. The van der Waals surface area contributed by atoms with Crippen LogP contribution in [-0.2, 0) is 14.3 Å². The maximum Gasteiger partial charge on any atom is 0.320 e. The van der Waals surface area contributed by atoms with Gasteiger partial charge in [-0.25, -0.2) is 0 Å². The summed E-state index contributed by atoms with van der Waals surface area (Å²) in [7, 11) is 1.65. The minimum absolute atomic E-state index is 0.0457. The molecule has 5 heteroatoms. The number of amides is 1. The van der Waals surface area contributed by atoms with Gasteiger partial charge >= 0.3 is 5.97 Å². The highest BCUT2D eigenvalue weighted by molar-refractivity contribution is 5.82. The molecule has 18 heavy (non-hydrogen) atoms. The van der Waals surface area contributed by atoms with E-state index in [1.807, 2.05) is 11.8 Å². The highest BCUT2D eigenvalue weighted by atomic mass is 16.5. The van der Waals surface area contributed by atoms with Crippen molar-refractivity contribution in [1.29, 1.82) is 0 Å². The fourth-order valence-electron chi connectivity index (χ4n) is 2.24. The monoisotopic (exact) mass is 256 g/mol. The van der Waals surface area contributed by atoms with Crippen molar-refractivity contribution in [2.45, 2.75) is 33.1 Å². The maximum absolute atomic E-state index is 11.7. The molecular formula is C13H24N2O3. The number of nitrogens with one attached hydrogen (secondary N) is 1. The lowest BCUT2D eigenvalue weighted by atomic mass is 9.89. The summed E-state index contributed by atoms with van der Waals surface area (Å²) in [6.45, 7) is 6.17. The van der Waals surface area contributed by atoms with Crippen LogP contribution >= 0.6 is 0 Å². The average Bonchev–Trinajstić information content (AvgIpc) is 2.71. The number of hydrogen-bond donors (Lipinski definition) is 1. The van der Waals surface area contributed by atoms with Crippen LogP contribution in [0.4, 0.5) is 0 Å². The molecule has 1 rings (SSSR count). The van der Waals surface area contributed by atoms with E-state index in [4.69, 9.17) is 4.74 Å². The van der Waals surface area contributed by atoms with E-state index in [1.165, 1.54) is 0 Å². The fourth-order valence-corrected chi connectivity index (χ4v) is 2.24. The third-order valence-corrected chi connectivity index (χ3v) is 3.44. The van der Waals surface area contributed by atoms with Crippen LogP contribution < -0.4 is 5.32 Å². The number of ether oxygens (including phenoxy) is 1. The zero-order valence-corrected chi connectivity index (χ0v) is 11.6. The Balaban J connectivity index is 2.34. The van der Waals surface area contributed by atoms with E-state index in [9.17, 15) is 9.59 Å². The Hall–Kier alpha value is -1.10. The molecule has 1 heterocycles. The second-order valence-electron chi connectivity index (χ2n) is 5.17. The number of nitrogens with zero attached hydrogens (tertiary/aromatic N) is 1. The molecule has 1 unspecified atom stereocenters. The molecule has 104 valence electrons. The average molecular weight is 256 g/mol. The Labute approximate surface area is 109 Å². The summed E-state index contributed by atoms with van der Waals surface area (Å²) in [5.74, 6) is -0.144. The van der Waals surface area contributed by atoms with Gasteiger partial charge in [-0.3, -0.25) is 14.5 Å². The largest absolute Gasteiger partial charge is 0.465 e. The Morgan fingerprint density at radius 2 is 2.17 bits per heavy atom. The van der Waals surface area contributed by atoms with Gasteiger partial charge in [-0.1, -0.05) is 13.3 Å². The van der Waals surface area contributed by atoms with Crippen molar-refractivity contribution in [1.82, 2.24) is 10.2 Å². The fraction of sp³-hybridized carbons (Fsp3) is 0.846. The van der Waals surface area contributed by atoms with E-state index >= 15 is 0 Å². The minimum Gasteiger partial charge on any atom is -0.465 e. The van der Waals surface area contributed by atoms with Gasteiger partial charge in [0.1, 0.15) is 0 Å². The second-order valence-corrected chi connectivity index (χ2v) is 5.17. The SMILES string of the molecule is CCCCOC(=O)CN1CCC(C)(C(=O)NC)C1. The number of rotatable bonds is 6. The predicted octanol–water partition coefficient (Wildman–Crippen LogP) is 0.788. The highest BCUT2D eigenvalue weighted by Gasteiger charge is 2.40. The number of esters is 1. The van der Waals surface area contributed by atoms with Crippen molar-refractivity contribution in [3.05, 3.63) is 0 Å². The maximum atomic E-state index is 11.7. The molecule has 1 saturated heterocycles. The van der Waals surface area contributed by atoms with E-state index in [-0.39, 0.29) is 23.8 Å². The molecule has 1 aliphatic rings. The molecule has 0 radical (unpaired) electrons. The lowest BCUT2D eigenvalue weighted by molar-refractivity contribution is -0.145. The van der Waals surface area contributed by atoms with Gasteiger partial charge in [0.25, 0.3) is 0 Å². The molecule has 1 amide bonds. The Bertz CT molecular complexity index is 307. The van der Waals surface area contributed by atoms with Crippen molar-refractivity contribution in [3.63, 3.8) is 0 Å². The number of carbonyl (C=O) groups is 2. The summed E-state index contributed by atoms with van der Waals surface area (Å²) in [4.78, 5) is 25.3. The molecular weight excluding hydrogens is 232 g/mol. The van der Waals surface area contributed by atoms with E-state index in [2.05, 4.69) is 12.2 Å². The first-order chi connectivity index (χ1) is 8.51. The summed E-state index contributed by atoms with van der Waals surface area (Å²) in [6.07, 6.45) is 2.71. The predicted molar refractivity (Wildman–Crippen MR) is 69.1 cm³/mol. The summed E-state index contributed by atoms with van der Waals surface area (Å²) in [6, 6.07) is 0. The highest BCUT2D eigenvalue weighted by Crippen LogP contribution is 2.29. The standard InChI is InChI=1S/C13H24N2O3/c1-4-5-8-18-11(16)9-15-7-6-13(2,10-15)12(17)14-3/h4-10H2,1-3H3,(H,14,17). The third-order valence-electron chi connectivity index (χ3n) is 3.44. The molecule has 5 nitrogen and oxygen atoms in total. The van der Waals surface area contributed by atoms with Gasteiger partial charge in [0, 0.05) is 13.6 Å². The van der Waals surface area contributed by atoms with Crippen LogP contribution in [0.25, 0.3) is 0 Å². The van der Waals surface area contributed by atoms with Crippen LogP contribution in [-0.4, -0.2) is 50.1 Å². The Morgan fingerprint density at radius 3 is 2.78 bits per heavy atom. The number of carbonyl (C=O) groups excluding carboxylic acids is 2. The van der Waals surface area contributed by atoms with Crippen molar-refractivity contribution < 1.29 is 14.3 Å². The molecule has 0 aromatic heterocycles. The third kappa shape index (κ3) is 3.98. The van der Waals surface area contributed by atoms with Crippen molar-refractivity contribution in [3.8, 4) is 0 Å². The zero-order chi connectivity index (χ0) is 13.6. The smallest absolute Gasteiger partial charge is 0.320 e. The van der Waals surface area contributed by atoms with E-state index in [1.54, 1.807) is 7.05 Å². The van der Waals surface area contributed by atoms with Crippen LogP contribution in [0.1, 0.15) is 33.1 Å². The van der Waals surface area contributed by atoms with Crippen LogP contribution in [0.5, 0.6) is 0 Å². The molecule has 1 N–H and O–H groups in total. The number of unbranched alkanes of at least 4 members (excludes halogenated alkanes) is 1. The normalized spacial score (nSPS) is 23.9. The van der Waals surface area contributed by atoms with Gasteiger partial charge in [-0.15, -0.1) is 0 Å². The van der Waals surface area contributed by atoms with Gasteiger partial charge in [0.05, 0.1) is 18.6 Å². The van der Waals surface area contributed by atoms with Crippen LogP contribution in [0.15, 0.2) is 0 Å². The van der Waals surface area contributed by atoms with Crippen molar-refractivity contribution >= 4 is 11.9 Å².